The van der Waals surface area contributed by atoms with Crippen LogP contribution in [0.5, 0.6) is 0 Å². The Labute approximate surface area is 238 Å². The van der Waals surface area contributed by atoms with Gasteiger partial charge in [0.15, 0.2) is 0 Å². The molecule has 8 nitrogen and oxygen atoms in total. The van der Waals surface area contributed by atoms with Crippen molar-refractivity contribution in [3.63, 3.8) is 0 Å². The van der Waals surface area contributed by atoms with E-state index in [1.807, 2.05) is 39.0 Å². The van der Waals surface area contributed by atoms with Crippen LogP contribution >= 0.6 is 0 Å². The number of ether oxygens (including phenoxy) is 1. The van der Waals surface area contributed by atoms with E-state index < -0.39 is 12.0 Å². The molecule has 0 radical (unpaired) electrons. The van der Waals surface area contributed by atoms with E-state index in [2.05, 4.69) is 43.6 Å². The highest BCUT2D eigenvalue weighted by Crippen LogP contribution is 2.34. The van der Waals surface area contributed by atoms with Crippen LogP contribution in [-0.2, 0) is 9.53 Å². The molecule has 1 atom stereocenters. The molecule has 0 aromatic heterocycles. The number of rotatable bonds is 10. The summed E-state index contributed by atoms with van der Waals surface area (Å²) in [5, 5.41) is 8.94. The maximum atomic E-state index is 13.2. The third kappa shape index (κ3) is 7.23. The van der Waals surface area contributed by atoms with Crippen LogP contribution in [-0.4, -0.2) is 36.1 Å². The molecule has 40 heavy (non-hydrogen) atoms. The van der Waals surface area contributed by atoms with Crippen LogP contribution in [0, 0.1) is 5.92 Å². The topological polar surface area (TPSA) is 99.8 Å². The van der Waals surface area contributed by atoms with Crippen LogP contribution < -0.4 is 16.0 Å². The van der Waals surface area contributed by atoms with Gasteiger partial charge in [0.2, 0.25) is 0 Å². The summed E-state index contributed by atoms with van der Waals surface area (Å²) in [6.45, 7) is 16.9. The van der Waals surface area contributed by atoms with Gasteiger partial charge in [0.25, 0.3) is 0 Å². The molecular weight excluding hydrogens is 504 g/mol. The number of hydrogen-bond donors (Lipinski definition) is 3. The summed E-state index contributed by atoms with van der Waals surface area (Å²) in [5.74, 6) is 0.257. The number of carbonyl (C=O) groups excluding carboxylic acids is 3. The van der Waals surface area contributed by atoms with Gasteiger partial charge < -0.3 is 20.7 Å². The van der Waals surface area contributed by atoms with Gasteiger partial charge in [-0.2, -0.15) is 0 Å². The highest BCUT2D eigenvalue weighted by Gasteiger charge is 2.36. The molecule has 0 spiro atoms. The molecule has 0 fully saturated rings. The molecule has 1 aliphatic heterocycles. The molecular formula is C32H44N4O4. The monoisotopic (exact) mass is 548 g/mol. The highest BCUT2D eigenvalue weighted by atomic mass is 16.5. The number of esters is 1. The largest absolute Gasteiger partial charge is 0.462 e. The lowest BCUT2D eigenvalue weighted by Gasteiger charge is -2.35. The SMILES string of the molecule is CCCN1C(=O)N[C@@H](c2ccc(NC(=O)Nc3c(C(C)C)cccc3C(C)C)cc2)C(C(=O)OCC(C)C)=C1C. The average molecular weight is 549 g/mol. The molecule has 1 aliphatic rings. The second kappa shape index (κ2) is 13.5. The van der Waals surface area contributed by atoms with E-state index in [1.54, 1.807) is 36.1 Å². The van der Waals surface area contributed by atoms with Crippen molar-refractivity contribution in [3.05, 3.63) is 70.4 Å². The number of amides is 4. The predicted octanol–water partition coefficient (Wildman–Crippen LogP) is 7.53. The Kier molecular flexibility index (Phi) is 10.4. The van der Waals surface area contributed by atoms with Gasteiger partial charge in [-0.15, -0.1) is 0 Å². The van der Waals surface area contributed by atoms with Crippen molar-refractivity contribution in [1.82, 2.24) is 10.2 Å². The Balaban J connectivity index is 1.84. The number of allylic oxidation sites excluding steroid dienone is 1. The molecule has 0 saturated carbocycles. The first-order chi connectivity index (χ1) is 18.9. The normalized spacial score (nSPS) is 15.5. The van der Waals surface area contributed by atoms with E-state index >= 15 is 0 Å². The molecule has 8 heteroatoms. The summed E-state index contributed by atoms with van der Waals surface area (Å²) in [7, 11) is 0. The van der Waals surface area contributed by atoms with Gasteiger partial charge >= 0.3 is 18.0 Å². The van der Waals surface area contributed by atoms with E-state index in [4.69, 9.17) is 4.74 Å². The summed E-state index contributed by atoms with van der Waals surface area (Å²) in [5.41, 5.74) is 5.33. The predicted molar refractivity (Wildman–Crippen MR) is 160 cm³/mol. The van der Waals surface area contributed by atoms with Crippen molar-refractivity contribution in [1.29, 1.82) is 0 Å². The van der Waals surface area contributed by atoms with Crippen LogP contribution in [0.2, 0.25) is 0 Å². The van der Waals surface area contributed by atoms with E-state index in [1.165, 1.54) is 0 Å². The molecule has 1 heterocycles. The zero-order chi connectivity index (χ0) is 29.6. The average Bonchev–Trinajstić information content (AvgIpc) is 2.89. The Morgan fingerprint density at radius 1 is 0.950 bits per heavy atom. The van der Waals surface area contributed by atoms with Crippen molar-refractivity contribution in [2.45, 2.75) is 79.7 Å². The van der Waals surface area contributed by atoms with Gasteiger partial charge in [0, 0.05) is 23.6 Å². The minimum Gasteiger partial charge on any atom is -0.462 e. The summed E-state index contributed by atoms with van der Waals surface area (Å²) in [6.07, 6.45) is 0.756. The zero-order valence-electron chi connectivity index (χ0n) is 25.1. The smallest absolute Gasteiger partial charge is 0.338 e. The lowest BCUT2D eigenvalue weighted by atomic mass is 9.93. The molecule has 0 unspecified atom stereocenters. The Morgan fingerprint density at radius 3 is 2.08 bits per heavy atom. The number of para-hydroxylation sites is 1. The number of urea groups is 2. The summed E-state index contributed by atoms with van der Waals surface area (Å²) in [6, 6.07) is 12.0. The first-order valence-electron chi connectivity index (χ1n) is 14.2. The molecule has 2 aromatic carbocycles. The number of hydrogen-bond acceptors (Lipinski definition) is 4. The fourth-order valence-electron chi connectivity index (χ4n) is 4.84. The first kappa shape index (κ1) is 30.7. The summed E-state index contributed by atoms with van der Waals surface area (Å²) >= 11 is 0. The molecule has 0 bridgehead atoms. The van der Waals surface area contributed by atoms with Crippen LogP contribution in [0.3, 0.4) is 0 Å². The van der Waals surface area contributed by atoms with Gasteiger partial charge in [0.05, 0.1) is 18.2 Å². The molecule has 3 N–H and O–H groups in total. The molecule has 4 amide bonds. The van der Waals surface area contributed by atoms with Crippen LogP contribution in [0.25, 0.3) is 0 Å². The molecule has 0 aliphatic carbocycles. The highest BCUT2D eigenvalue weighted by molar-refractivity contribution is 6.01. The molecule has 0 saturated heterocycles. The van der Waals surface area contributed by atoms with E-state index in [9.17, 15) is 14.4 Å². The van der Waals surface area contributed by atoms with Crippen molar-refractivity contribution in [2.75, 3.05) is 23.8 Å². The van der Waals surface area contributed by atoms with E-state index in [-0.39, 0.29) is 29.8 Å². The fraction of sp³-hybridized carbons (Fsp3) is 0.469. The molecule has 3 rings (SSSR count). The Morgan fingerprint density at radius 2 is 1.55 bits per heavy atom. The second-order valence-corrected chi connectivity index (χ2v) is 11.3. The zero-order valence-corrected chi connectivity index (χ0v) is 25.1. The summed E-state index contributed by atoms with van der Waals surface area (Å²) in [4.78, 5) is 40.7. The van der Waals surface area contributed by atoms with Crippen molar-refractivity contribution < 1.29 is 19.1 Å². The standard InChI is InChI=1S/C32H44N4O4/c1-9-17-36-22(8)27(30(37)40-18-19(2)3)28(35-32(36)39)23-13-15-24(16-14-23)33-31(38)34-29-25(20(4)5)11-10-12-26(29)21(6)7/h10-16,19-21,28H,9,17-18H2,1-8H3,(H,35,39)(H2,33,34,38)/t28-/m0/s1. The lowest BCUT2D eigenvalue weighted by molar-refractivity contribution is -0.140. The maximum absolute atomic E-state index is 13.2. The van der Waals surface area contributed by atoms with E-state index in [0.29, 0.717) is 30.1 Å². The van der Waals surface area contributed by atoms with Gasteiger partial charge in [0.1, 0.15) is 0 Å². The number of benzene rings is 2. The van der Waals surface area contributed by atoms with Gasteiger partial charge in [-0.1, -0.05) is 78.8 Å². The maximum Gasteiger partial charge on any atom is 0.338 e. The van der Waals surface area contributed by atoms with Crippen molar-refractivity contribution >= 4 is 29.4 Å². The second-order valence-electron chi connectivity index (χ2n) is 11.3. The van der Waals surface area contributed by atoms with Crippen molar-refractivity contribution in [3.8, 4) is 0 Å². The summed E-state index contributed by atoms with van der Waals surface area (Å²) < 4.78 is 5.57. The number of carbonyl (C=O) groups is 3. The fourth-order valence-corrected chi connectivity index (χ4v) is 4.84. The van der Waals surface area contributed by atoms with Crippen molar-refractivity contribution in [2.24, 2.45) is 5.92 Å². The minimum atomic E-state index is -0.658. The molecule has 2 aromatic rings. The van der Waals surface area contributed by atoms with Crippen LogP contribution in [0.4, 0.5) is 21.0 Å². The van der Waals surface area contributed by atoms with Gasteiger partial charge in [-0.3, -0.25) is 4.90 Å². The van der Waals surface area contributed by atoms with E-state index in [0.717, 1.165) is 28.8 Å². The van der Waals surface area contributed by atoms with Crippen LogP contribution in [0.15, 0.2) is 53.7 Å². The first-order valence-corrected chi connectivity index (χ1v) is 14.2. The quantitative estimate of drug-likeness (QED) is 0.267. The van der Waals surface area contributed by atoms with Gasteiger partial charge in [-0.25, -0.2) is 14.4 Å². The third-order valence-corrected chi connectivity index (χ3v) is 6.92. The van der Waals surface area contributed by atoms with Gasteiger partial charge in [-0.05, 0) is 59.9 Å². The minimum absolute atomic E-state index is 0.189. The number of nitrogens with zero attached hydrogens (tertiary/aromatic N) is 1. The number of anilines is 2. The Bertz CT molecular complexity index is 1220. The number of nitrogens with one attached hydrogen (secondary N) is 3. The molecule has 216 valence electrons. The lowest BCUT2D eigenvalue weighted by Crippen LogP contribution is -2.48. The third-order valence-electron chi connectivity index (χ3n) is 6.92. The Hall–Kier alpha value is -3.81. The van der Waals surface area contributed by atoms with Crippen LogP contribution in [0.1, 0.15) is 96.4 Å².